The normalized spacial score (nSPS) is 16.5. The highest BCUT2D eigenvalue weighted by molar-refractivity contribution is 6.76. The summed E-state index contributed by atoms with van der Waals surface area (Å²) in [4.78, 5) is 28.2. The highest BCUT2D eigenvalue weighted by atomic mass is 35.5. The first-order chi connectivity index (χ1) is 20.5. The topological polar surface area (TPSA) is 73.7 Å². The Morgan fingerprint density at radius 3 is 2.28 bits per heavy atom. The van der Waals surface area contributed by atoms with Gasteiger partial charge in [0, 0.05) is 65.3 Å². The first-order valence-corrected chi connectivity index (χ1v) is 18.6. The van der Waals surface area contributed by atoms with Gasteiger partial charge in [0.25, 0.3) is 5.91 Å². The zero-order valence-electron chi connectivity index (χ0n) is 24.8. The van der Waals surface area contributed by atoms with E-state index in [9.17, 15) is 9.59 Å². The molecular formula is C33H35Cl2N3O4Si. The third-order valence-electron chi connectivity index (χ3n) is 7.49. The lowest BCUT2D eigenvalue weighted by atomic mass is 9.91. The van der Waals surface area contributed by atoms with E-state index in [1.54, 1.807) is 52.2 Å². The van der Waals surface area contributed by atoms with Gasteiger partial charge in [-0.1, -0.05) is 79.2 Å². The Morgan fingerprint density at radius 1 is 0.953 bits per heavy atom. The number of aromatic nitrogens is 2. The molecule has 0 saturated carbocycles. The van der Waals surface area contributed by atoms with Crippen molar-refractivity contribution in [1.82, 2.24) is 14.7 Å². The average molecular weight is 637 g/mol. The fraction of sp³-hybridized carbons (Fsp3) is 0.303. The number of carbonyl (C=O) groups excluding carboxylic acids is 2. The number of carbonyl (C=O) groups is 2. The lowest BCUT2D eigenvalue weighted by Crippen LogP contribution is -2.46. The predicted molar refractivity (Wildman–Crippen MR) is 171 cm³/mol. The molecule has 5 rings (SSSR count). The van der Waals surface area contributed by atoms with Crippen LogP contribution in [0.4, 0.5) is 0 Å². The van der Waals surface area contributed by atoms with Crippen molar-refractivity contribution in [3.8, 4) is 0 Å². The van der Waals surface area contributed by atoms with Crippen LogP contribution in [0, 0.1) is 0 Å². The smallest absolute Gasteiger partial charge is 0.257 e. The van der Waals surface area contributed by atoms with Gasteiger partial charge < -0.3 is 9.47 Å². The van der Waals surface area contributed by atoms with E-state index in [0.717, 1.165) is 22.7 Å². The van der Waals surface area contributed by atoms with Gasteiger partial charge in [-0.3, -0.25) is 14.5 Å². The van der Waals surface area contributed by atoms with Crippen LogP contribution >= 0.6 is 23.2 Å². The van der Waals surface area contributed by atoms with E-state index in [-0.39, 0.29) is 24.8 Å². The molecule has 1 unspecified atom stereocenters. The lowest BCUT2D eigenvalue weighted by molar-refractivity contribution is -0.120. The third-order valence-corrected chi connectivity index (χ3v) is 9.70. The number of hydrogen-bond acceptors (Lipinski definition) is 5. The van der Waals surface area contributed by atoms with Crippen LogP contribution in [0.3, 0.4) is 0 Å². The fourth-order valence-electron chi connectivity index (χ4n) is 5.13. The largest absolute Gasteiger partial charge is 0.360 e. The molecule has 4 aromatic rings. The van der Waals surface area contributed by atoms with Gasteiger partial charge in [0.15, 0.2) is 11.5 Å². The number of ketones is 1. The van der Waals surface area contributed by atoms with Crippen LogP contribution in [-0.2, 0) is 35.1 Å². The number of halogens is 2. The minimum atomic E-state index is -1.30. The van der Waals surface area contributed by atoms with Crippen molar-refractivity contribution in [2.75, 3.05) is 6.61 Å². The van der Waals surface area contributed by atoms with Crippen molar-refractivity contribution in [2.45, 2.75) is 58.2 Å². The van der Waals surface area contributed by atoms with E-state index in [1.165, 1.54) is 6.92 Å². The number of rotatable bonds is 12. The van der Waals surface area contributed by atoms with Crippen molar-refractivity contribution in [1.29, 1.82) is 0 Å². The first kappa shape index (κ1) is 31.2. The molecule has 3 aromatic carbocycles. The Kier molecular flexibility index (Phi) is 9.25. The van der Waals surface area contributed by atoms with E-state index >= 15 is 0 Å². The number of Topliss-reactive ketones (excluding diaryl/α,β-unsaturated/α-hetero) is 1. The summed E-state index contributed by atoms with van der Waals surface area (Å²) >= 11 is 12.4. The van der Waals surface area contributed by atoms with Crippen LogP contribution in [0.25, 0.3) is 0 Å². The maximum atomic E-state index is 14.2. The molecule has 224 valence electrons. The first-order valence-electron chi connectivity index (χ1n) is 14.2. The van der Waals surface area contributed by atoms with E-state index in [1.807, 2.05) is 36.5 Å². The number of nitrogens with zero attached hydrogens (tertiary/aromatic N) is 3. The quantitative estimate of drug-likeness (QED) is 0.0903. The summed E-state index contributed by atoms with van der Waals surface area (Å²) < 4.78 is 14.5. The molecule has 0 N–H and O–H groups in total. The number of amides is 1. The molecule has 0 bridgehead atoms. The molecule has 1 atom stereocenters. The number of hydrogen-bond donors (Lipinski definition) is 0. The summed E-state index contributed by atoms with van der Waals surface area (Å²) in [5, 5.41) is 5.63. The van der Waals surface area contributed by atoms with Crippen molar-refractivity contribution in [3.05, 3.63) is 123 Å². The zero-order valence-corrected chi connectivity index (χ0v) is 27.3. The molecule has 1 aliphatic heterocycles. The zero-order chi connectivity index (χ0) is 30.8. The summed E-state index contributed by atoms with van der Waals surface area (Å²) in [6.07, 6.45) is 3.64. The molecule has 10 heteroatoms. The van der Waals surface area contributed by atoms with E-state index in [2.05, 4.69) is 24.7 Å². The summed E-state index contributed by atoms with van der Waals surface area (Å²) in [6.45, 7) is 9.90. The van der Waals surface area contributed by atoms with Gasteiger partial charge in [-0.2, -0.15) is 5.10 Å². The van der Waals surface area contributed by atoms with Crippen molar-refractivity contribution < 1.29 is 19.1 Å². The molecule has 1 aromatic heterocycles. The second kappa shape index (κ2) is 12.8. The molecule has 1 aliphatic rings. The van der Waals surface area contributed by atoms with Gasteiger partial charge in [0.05, 0.1) is 12.8 Å². The minimum Gasteiger partial charge on any atom is -0.360 e. The van der Waals surface area contributed by atoms with E-state index < -0.39 is 13.8 Å². The Balaban J connectivity index is 1.52. The van der Waals surface area contributed by atoms with Crippen LogP contribution in [0.5, 0.6) is 0 Å². The van der Waals surface area contributed by atoms with Crippen LogP contribution in [0.15, 0.2) is 79.1 Å². The molecule has 0 spiro atoms. The molecule has 2 heterocycles. The van der Waals surface area contributed by atoms with Gasteiger partial charge >= 0.3 is 0 Å². The molecule has 0 fully saturated rings. The molecule has 1 amide bonds. The Labute approximate surface area is 263 Å². The SMILES string of the molecule is CC(=O)c1ccc2c(c1)C(=O)N(Cc1ccc(Cl)cc1)C2(OCc1cnn(COCC[Si](C)(C)C)c1)c1ccc(Cl)cc1. The summed E-state index contributed by atoms with van der Waals surface area (Å²) in [6, 6.07) is 21.0. The fourth-order valence-corrected chi connectivity index (χ4v) is 6.14. The highest BCUT2D eigenvalue weighted by Crippen LogP contribution is 2.47. The van der Waals surface area contributed by atoms with E-state index in [0.29, 0.717) is 40.1 Å². The average Bonchev–Trinajstić information content (AvgIpc) is 3.52. The Hall–Kier alpha value is -3.27. The number of ether oxygens (including phenoxy) is 2. The predicted octanol–water partition coefficient (Wildman–Crippen LogP) is 7.78. The molecule has 43 heavy (non-hydrogen) atoms. The van der Waals surface area contributed by atoms with Crippen LogP contribution < -0.4 is 0 Å². The van der Waals surface area contributed by atoms with Crippen LogP contribution in [0.1, 0.15) is 49.9 Å². The van der Waals surface area contributed by atoms with Crippen molar-refractivity contribution >= 4 is 43.0 Å². The second-order valence-electron chi connectivity index (χ2n) is 12.0. The van der Waals surface area contributed by atoms with Crippen LogP contribution in [-0.4, -0.2) is 41.1 Å². The monoisotopic (exact) mass is 635 g/mol. The van der Waals surface area contributed by atoms with Gasteiger partial charge in [-0.05, 0) is 48.9 Å². The van der Waals surface area contributed by atoms with Crippen LogP contribution in [0.2, 0.25) is 35.7 Å². The second-order valence-corrected chi connectivity index (χ2v) is 18.5. The molecule has 0 radical (unpaired) electrons. The minimum absolute atomic E-state index is 0.121. The summed E-state index contributed by atoms with van der Waals surface area (Å²) in [5.41, 5.74) is 2.67. The van der Waals surface area contributed by atoms with Gasteiger partial charge in [0.1, 0.15) is 6.73 Å². The van der Waals surface area contributed by atoms with Crippen molar-refractivity contribution in [3.63, 3.8) is 0 Å². The maximum absolute atomic E-state index is 14.2. The molecule has 0 saturated heterocycles. The molecular weight excluding hydrogens is 601 g/mol. The Bertz CT molecular complexity index is 1620. The summed E-state index contributed by atoms with van der Waals surface area (Å²) in [5.74, 6) is -0.362. The molecule has 7 nitrogen and oxygen atoms in total. The highest BCUT2D eigenvalue weighted by Gasteiger charge is 2.52. The number of fused-ring (bicyclic) bond motifs is 1. The Morgan fingerprint density at radius 2 is 1.63 bits per heavy atom. The van der Waals surface area contributed by atoms with E-state index in [4.69, 9.17) is 32.7 Å². The summed E-state index contributed by atoms with van der Waals surface area (Å²) in [7, 11) is -1.18. The van der Waals surface area contributed by atoms with Gasteiger partial charge in [-0.25, -0.2) is 4.68 Å². The third kappa shape index (κ3) is 6.95. The van der Waals surface area contributed by atoms with Gasteiger partial charge in [0.2, 0.25) is 0 Å². The number of benzene rings is 3. The lowest BCUT2D eigenvalue weighted by Gasteiger charge is -2.39. The van der Waals surface area contributed by atoms with Crippen molar-refractivity contribution in [2.24, 2.45) is 0 Å². The standard InChI is InChI=1S/C33H35Cl2N3O4Si/c1-23(39)26-7-14-31-30(17-26)32(40)38(20-24-5-10-28(34)11-6-24)33(31,27-8-12-29(35)13-9-27)42-21-25-18-36-37(19-25)22-41-15-16-43(2,3)4/h5-14,17-19H,15-16,20-22H2,1-4H3. The molecule has 0 aliphatic carbocycles. The van der Waals surface area contributed by atoms with Gasteiger partial charge in [-0.15, -0.1) is 0 Å². The maximum Gasteiger partial charge on any atom is 0.257 e.